The number of nitrogens with two attached hydrogens (primary N) is 1. The first-order chi connectivity index (χ1) is 5.41. The summed E-state index contributed by atoms with van der Waals surface area (Å²) in [6, 6.07) is -0.641. The fourth-order valence-electron chi connectivity index (χ4n) is 0.833. The van der Waals surface area contributed by atoms with E-state index in [9.17, 15) is 4.79 Å². The standard InChI is InChI=1S/C8H13N2O2/c1-8(2,3)6-4-5-10(12-6)7(9)11/h4,6H,1-3H3,(H2,9,11). The molecule has 0 aromatic carbocycles. The lowest BCUT2D eigenvalue weighted by Gasteiger charge is -2.25. The highest BCUT2D eigenvalue weighted by Gasteiger charge is 2.31. The summed E-state index contributed by atoms with van der Waals surface area (Å²) in [6.07, 6.45) is 4.19. The summed E-state index contributed by atoms with van der Waals surface area (Å²) >= 11 is 0. The lowest BCUT2D eigenvalue weighted by atomic mass is 9.89. The Morgan fingerprint density at radius 1 is 1.67 bits per heavy atom. The normalized spacial score (nSPS) is 23.2. The van der Waals surface area contributed by atoms with Crippen molar-refractivity contribution < 1.29 is 9.63 Å². The molecule has 1 aliphatic rings. The van der Waals surface area contributed by atoms with Crippen LogP contribution in [0.15, 0.2) is 6.08 Å². The number of carbonyl (C=O) groups is 1. The molecule has 0 spiro atoms. The van der Waals surface area contributed by atoms with E-state index in [-0.39, 0.29) is 11.5 Å². The van der Waals surface area contributed by atoms with E-state index < -0.39 is 6.03 Å². The maximum Gasteiger partial charge on any atom is 0.343 e. The molecule has 0 saturated heterocycles. The number of hydrogen-bond acceptors (Lipinski definition) is 2. The van der Waals surface area contributed by atoms with Crippen LogP contribution < -0.4 is 5.73 Å². The van der Waals surface area contributed by atoms with Crippen LogP contribution in [-0.4, -0.2) is 17.2 Å². The molecule has 1 rings (SSSR count). The Bertz CT molecular complexity index is 218. The van der Waals surface area contributed by atoms with E-state index in [2.05, 4.69) is 6.20 Å². The van der Waals surface area contributed by atoms with Gasteiger partial charge in [0.25, 0.3) is 0 Å². The summed E-state index contributed by atoms with van der Waals surface area (Å²) in [5.41, 5.74) is 4.94. The SMILES string of the molecule is CC(C)(C)C1C=[C]N(C(N)=O)O1. The van der Waals surface area contributed by atoms with E-state index in [1.165, 1.54) is 0 Å². The molecule has 1 aliphatic heterocycles. The van der Waals surface area contributed by atoms with Crippen LogP contribution in [0, 0.1) is 11.6 Å². The van der Waals surface area contributed by atoms with Gasteiger partial charge in [-0.1, -0.05) is 20.8 Å². The number of amides is 2. The van der Waals surface area contributed by atoms with Crippen molar-refractivity contribution >= 4 is 6.03 Å². The van der Waals surface area contributed by atoms with E-state index in [1.54, 1.807) is 6.08 Å². The van der Waals surface area contributed by atoms with Gasteiger partial charge in [-0.2, -0.15) is 5.06 Å². The van der Waals surface area contributed by atoms with Gasteiger partial charge in [-0.3, -0.25) is 4.84 Å². The van der Waals surface area contributed by atoms with E-state index in [0.717, 1.165) is 5.06 Å². The second kappa shape index (κ2) is 2.79. The van der Waals surface area contributed by atoms with Crippen LogP contribution in [0.25, 0.3) is 0 Å². The van der Waals surface area contributed by atoms with E-state index in [1.807, 2.05) is 20.8 Å². The zero-order valence-electron chi connectivity index (χ0n) is 7.50. The Kier molecular flexibility index (Phi) is 2.10. The van der Waals surface area contributed by atoms with Crippen molar-refractivity contribution in [2.45, 2.75) is 26.9 Å². The number of carbonyl (C=O) groups excluding carboxylic acids is 1. The van der Waals surface area contributed by atoms with Gasteiger partial charge in [0.15, 0.2) is 0 Å². The Balaban J connectivity index is 2.59. The maximum atomic E-state index is 10.6. The van der Waals surface area contributed by atoms with Gasteiger partial charge in [-0.15, -0.1) is 0 Å². The molecule has 0 aromatic rings. The highest BCUT2D eigenvalue weighted by Crippen LogP contribution is 2.27. The molecule has 4 nitrogen and oxygen atoms in total. The predicted molar refractivity (Wildman–Crippen MR) is 43.6 cm³/mol. The first kappa shape index (κ1) is 9.06. The van der Waals surface area contributed by atoms with Gasteiger partial charge in [0.05, 0.1) is 6.20 Å². The molecule has 0 bridgehead atoms. The summed E-state index contributed by atoms with van der Waals surface area (Å²) in [7, 11) is 0. The molecule has 4 heteroatoms. The number of hydrogen-bond donors (Lipinski definition) is 1. The lowest BCUT2D eigenvalue weighted by molar-refractivity contribution is -0.125. The van der Waals surface area contributed by atoms with Crippen LogP contribution in [0.1, 0.15) is 20.8 Å². The van der Waals surface area contributed by atoms with Crippen molar-refractivity contribution in [1.82, 2.24) is 5.06 Å². The zero-order valence-corrected chi connectivity index (χ0v) is 7.50. The molecule has 2 amide bonds. The lowest BCUT2D eigenvalue weighted by Crippen LogP contribution is -2.34. The number of hydroxylamine groups is 2. The third-order valence-corrected chi connectivity index (χ3v) is 1.62. The molecule has 2 N–H and O–H groups in total. The van der Waals surface area contributed by atoms with Crippen molar-refractivity contribution in [1.29, 1.82) is 0 Å². The average molecular weight is 169 g/mol. The van der Waals surface area contributed by atoms with Crippen molar-refractivity contribution in [3.05, 3.63) is 12.3 Å². The minimum absolute atomic E-state index is 0.0444. The van der Waals surface area contributed by atoms with Crippen LogP contribution in [0.2, 0.25) is 0 Å². The second-order valence-electron chi connectivity index (χ2n) is 3.82. The molecule has 1 heterocycles. The van der Waals surface area contributed by atoms with Gasteiger partial charge in [0, 0.05) is 0 Å². The topological polar surface area (TPSA) is 55.6 Å². The molecular formula is C8H13N2O2. The van der Waals surface area contributed by atoms with Gasteiger partial charge in [0.2, 0.25) is 0 Å². The minimum atomic E-state index is -0.641. The molecule has 1 atom stereocenters. The Morgan fingerprint density at radius 2 is 2.25 bits per heavy atom. The molecule has 12 heavy (non-hydrogen) atoms. The van der Waals surface area contributed by atoms with Crippen LogP contribution in [-0.2, 0) is 4.84 Å². The number of rotatable bonds is 0. The molecule has 1 unspecified atom stereocenters. The van der Waals surface area contributed by atoms with E-state index in [4.69, 9.17) is 10.6 Å². The van der Waals surface area contributed by atoms with Gasteiger partial charge >= 0.3 is 6.03 Å². The molecule has 1 radical (unpaired) electrons. The molecule has 0 fully saturated rings. The van der Waals surface area contributed by atoms with Crippen molar-refractivity contribution in [2.24, 2.45) is 11.1 Å². The third kappa shape index (κ3) is 1.76. The van der Waals surface area contributed by atoms with Crippen molar-refractivity contribution in [3.63, 3.8) is 0 Å². The predicted octanol–water partition coefficient (Wildman–Crippen LogP) is 1.04. The molecule has 0 aliphatic carbocycles. The first-order valence-electron chi connectivity index (χ1n) is 3.77. The van der Waals surface area contributed by atoms with E-state index in [0.29, 0.717) is 0 Å². The quantitative estimate of drug-likeness (QED) is 0.589. The smallest absolute Gasteiger partial charge is 0.343 e. The van der Waals surface area contributed by atoms with Crippen molar-refractivity contribution in [2.75, 3.05) is 0 Å². The highest BCUT2D eigenvalue weighted by atomic mass is 16.7. The fraction of sp³-hybridized carbons (Fsp3) is 0.625. The average Bonchev–Trinajstić information content (AvgIpc) is 2.30. The number of urea groups is 1. The van der Waals surface area contributed by atoms with Crippen LogP contribution in [0.3, 0.4) is 0 Å². The highest BCUT2D eigenvalue weighted by molar-refractivity contribution is 5.71. The van der Waals surface area contributed by atoms with Gasteiger partial charge < -0.3 is 5.73 Å². The van der Waals surface area contributed by atoms with Crippen LogP contribution >= 0.6 is 0 Å². The Morgan fingerprint density at radius 3 is 2.50 bits per heavy atom. The molecule has 0 aromatic heterocycles. The summed E-state index contributed by atoms with van der Waals surface area (Å²) in [6.45, 7) is 6.04. The second-order valence-corrected chi connectivity index (χ2v) is 3.82. The molecule has 0 saturated carbocycles. The first-order valence-corrected chi connectivity index (χ1v) is 3.77. The van der Waals surface area contributed by atoms with Gasteiger partial charge in [-0.05, 0) is 11.5 Å². The fourth-order valence-corrected chi connectivity index (χ4v) is 0.833. The van der Waals surface area contributed by atoms with Crippen molar-refractivity contribution in [3.8, 4) is 0 Å². The van der Waals surface area contributed by atoms with E-state index >= 15 is 0 Å². The van der Waals surface area contributed by atoms with Crippen LogP contribution in [0.4, 0.5) is 4.79 Å². The Labute approximate surface area is 71.9 Å². The molecule has 67 valence electrons. The third-order valence-electron chi connectivity index (χ3n) is 1.62. The Hall–Kier alpha value is -1.03. The summed E-state index contributed by atoms with van der Waals surface area (Å²) in [5.74, 6) is 0. The molecular weight excluding hydrogens is 156 g/mol. The van der Waals surface area contributed by atoms with Gasteiger partial charge in [0.1, 0.15) is 6.10 Å². The zero-order chi connectivity index (χ0) is 9.35. The minimum Gasteiger partial charge on any atom is -0.349 e. The van der Waals surface area contributed by atoms with Gasteiger partial charge in [-0.25, -0.2) is 4.79 Å². The number of primary amides is 1. The summed E-state index contributed by atoms with van der Waals surface area (Å²) in [5, 5.41) is 0.927. The van der Waals surface area contributed by atoms with Crippen LogP contribution in [0.5, 0.6) is 0 Å². The summed E-state index contributed by atoms with van der Waals surface area (Å²) < 4.78 is 0. The largest absolute Gasteiger partial charge is 0.349 e. The maximum absolute atomic E-state index is 10.6. The monoisotopic (exact) mass is 169 g/mol. The number of nitrogens with zero attached hydrogens (tertiary/aromatic N) is 1. The summed E-state index contributed by atoms with van der Waals surface area (Å²) in [4.78, 5) is 15.8.